The number of azide groups is 1. The number of hydrogen-bond acceptors (Lipinski definition) is 5. The van der Waals surface area contributed by atoms with Crippen LogP contribution in [0.15, 0.2) is 35.4 Å². The van der Waals surface area contributed by atoms with Crippen LogP contribution in [0.25, 0.3) is 10.4 Å². The Morgan fingerprint density at radius 1 is 1.42 bits per heavy atom. The molecule has 4 atom stereocenters. The molecule has 2 rings (SSSR count). The summed E-state index contributed by atoms with van der Waals surface area (Å²) in [5.74, 6) is 0. The first-order chi connectivity index (χ1) is 9.22. The van der Waals surface area contributed by atoms with E-state index < -0.39 is 24.6 Å². The fourth-order valence-electron chi connectivity index (χ4n) is 1.91. The van der Waals surface area contributed by atoms with Gasteiger partial charge in [0.1, 0.15) is 12.2 Å². The van der Waals surface area contributed by atoms with E-state index in [1.807, 2.05) is 30.3 Å². The van der Waals surface area contributed by atoms with Gasteiger partial charge >= 0.3 is 0 Å². The number of rotatable bonds is 4. The Balaban J connectivity index is 2.05. The van der Waals surface area contributed by atoms with E-state index in [1.54, 1.807) is 0 Å². The van der Waals surface area contributed by atoms with E-state index in [9.17, 15) is 10.2 Å². The molecular weight excluding hydrogens is 250 g/mol. The molecule has 1 unspecified atom stereocenters. The summed E-state index contributed by atoms with van der Waals surface area (Å²) >= 11 is 0. The third-order valence-electron chi connectivity index (χ3n) is 2.86. The molecule has 7 heteroatoms. The predicted octanol–water partition coefficient (Wildman–Crippen LogP) is 1.13. The van der Waals surface area contributed by atoms with Crippen LogP contribution in [0.4, 0.5) is 0 Å². The SMILES string of the molecule is [N-]=[N+]=NC[C@H](O)[C@@H]1OC(c2ccccc2)OC[C@@H]1O. The molecule has 1 heterocycles. The molecule has 1 aliphatic heterocycles. The fraction of sp³-hybridized carbons (Fsp3) is 0.500. The van der Waals surface area contributed by atoms with Crippen molar-refractivity contribution in [1.82, 2.24) is 0 Å². The van der Waals surface area contributed by atoms with Gasteiger partial charge in [-0.3, -0.25) is 0 Å². The van der Waals surface area contributed by atoms with Crippen LogP contribution in [-0.2, 0) is 9.47 Å². The van der Waals surface area contributed by atoms with Crippen LogP contribution < -0.4 is 0 Å². The minimum atomic E-state index is -1.07. The smallest absolute Gasteiger partial charge is 0.184 e. The first-order valence-electron chi connectivity index (χ1n) is 5.91. The molecule has 0 radical (unpaired) electrons. The van der Waals surface area contributed by atoms with E-state index in [2.05, 4.69) is 10.0 Å². The van der Waals surface area contributed by atoms with Crippen LogP contribution >= 0.6 is 0 Å². The van der Waals surface area contributed by atoms with Crippen molar-refractivity contribution in [2.75, 3.05) is 13.2 Å². The highest BCUT2D eigenvalue weighted by molar-refractivity contribution is 5.16. The highest BCUT2D eigenvalue weighted by Gasteiger charge is 2.35. The molecule has 1 aromatic rings. The van der Waals surface area contributed by atoms with Gasteiger partial charge < -0.3 is 19.7 Å². The summed E-state index contributed by atoms with van der Waals surface area (Å²) in [7, 11) is 0. The Labute approximate surface area is 110 Å². The van der Waals surface area contributed by atoms with Gasteiger partial charge in [-0.05, 0) is 5.53 Å². The lowest BCUT2D eigenvalue weighted by Crippen LogP contribution is -2.48. The average Bonchev–Trinajstić information content (AvgIpc) is 2.46. The second-order valence-electron chi connectivity index (χ2n) is 4.22. The van der Waals surface area contributed by atoms with Crippen LogP contribution in [0.5, 0.6) is 0 Å². The van der Waals surface area contributed by atoms with Crippen LogP contribution in [0, 0.1) is 0 Å². The molecule has 7 nitrogen and oxygen atoms in total. The van der Waals surface area contributed by atoms with Gasteiger partial charge in [-0.15, -0.1) is 0 Å². The summed E-state index contributed by atoms with van der Waals surface area (Å²) in [6, 6.07) is 9.23. The Hall–Kier alpha value is -1.63. The normalized spacial score (nSPS) is 28.4. The molecule has 0 amide bonds. The number of ether oxygens (including phenoxy) is 2. The van der Waals surface area contributed by atoms with Gasteiger partial charge in [-0.25, -0.2) is 0 Å². The van der Waals surface area contributed by atoms with Crippen molar-refractivity contribution in [2.45, 2.75) is 24.6 Å². The maximum absolute atomic E-state index is 9.83. The third-order valence-corrected chi connectivity index (χ3v) is 2.86. The second kappa shape index (κ2) is 6.51. The Kier molecular flexibility index (Phi) is 4.73. The molecule has 0 spiro atoms. The zero-order valence-corrected chi connectivity index (χ0v) is 10.2. The van der Waals surface area contributed by atoms with Crippen molar-refractivity contribution >= 4 is 0 Å². The van der Waals surface area contributed by atoms with Crippen molar-refractivity contribution in [3.05, 3.63) is 46.3 Å². The maximum atomic E-state index is 9.83. The van der Waals surface area contributed by atoms with Crippen LogP contribution in [-0.4, -0.2) is 41.7 Å². The second-order valence-corrected chi connectivity index (χ2v) is 4.22. The Bertz CT molecular complexity index is 450. The molecule has 0 aromatic heterocycles. The van der Waals surface area contributed by atoms with E-state index >= 15 is 0 Å². The molecular formula is C12H15N3O4. The number of hydrogen-bond donors (Lipinski definition) is 2. The molecule has 1 fully saturated rings. The highest BCUT2D eigenvalue weighted by atomic mass is 16.7. The maximum Gasteiger partial charge on any atom is 0.184 e. The Morgan fingerprint density at radius 3 is 2.84 bits per heavy atom. The third kappa shape index (κ3) is 3.44. The van der Waals surface area contributed by atoms with Crippen molar-refractivity contribution in [3.63, 3.8) is 0 Å². The molecule has 0 bridgehead atoms. The van der Waals surface area contributed by atoms with Crippen molar-refractivity contribution in [2.24, 2.45) is 5.11 Å². The largest absolute Gasteiger partial charge is 0.390 e. The first-order valence-corrected chi connectivity index (χ1v) is 5.91. The van der Waals surface area contributed by atoms with E-state index in [0.29, 0.717) is 0 Å². The topological polar surface area (TPSA) is 108 Å². The molecule has 1 saturated heterocycles. The number of benzene rings is 1. The summed E-state index contributed by atoms with van der Waals surface area (Å²) in [4.78, 5) is 2.57. The predicted molar refractivity (Wildman–Crippen MR) is 66.0 cm³/mol. The lowest BCUT2D eigenvalue weighted by atomic mass is 10.1. The van der Waals surface area contributed by atoms with Gasteiger partial charge in [0.05, 0.1) is 19.3 Å². The van der Waals surface area contributed by atoms with Crippen LogP contribution in [0.3, 0.4) is 0 Å². The minimum absolute atomic E-state index is 0.0531. The zero-order chi connectivity index (χ0) is 13.7. The van der Waals surface area contributed by atoms with Gasteiger partial charge in [0.25, 0.3) is 0 Å². The van der Waals surface area contributed by atoms with Crippen molar-refractivity contribution < 1.29 is 19.7 Å². The zero-order valence-electron chi connectivity index (χ0n) is 10.2. The first kappa shape index (κ1) is 13.8. The van der Waals surface area contributed by atoms with E-state index in [4.69, 9.17) is 15.0 Å². The molecule has 0 saturated carbocycles. The van der Waals surface area contributed by atoms with Gasteiger partial charge in [0.15, 0.2) is 6.29 Å². The number of aliphatic hydroxyl groups is 2. The average molecular weight is 265 g/mol. The standard InChI is InChI=1S/C12H15N3O4/c13-15-14-6-9(16)11-10(17)7-18-12(19-11)8-4-2-1-3-5-8/h1-5,9-12,16-17H,6-7H2/t9-,10-,11-,12?/m0/s1. The minimum Gasteiger partial charge on any atom is -0.390 e. The quantitative estimate of drug-likeness (QED) is 0.483. The highest BCUT2D eigenvalue weighted by Crippen LogP contribution is 2.27. The van der Waals surface area contributed by atoms with Crippen LogP contribution in [0.1, 0.15) is 11.9 Å². The Morgan fingerprint density at radius 2 is 2.16 bits per heavy atom. The summed E-state index contributed by atoms with van der Waals surface area (Å²) in [5, 5.41) is 22.9. The van der Waals surface area contributed by atoms with E-state index in [1.165, 1.54) is 0 Å². The summed E-state index contributed by atoms with van der Waals surface area (Å²) in [5.41, 5.74) is 9.03. The summed E-state index contributed by atoms with van der Waals surface area (Å²) in [6.07, 6.45) is -3.51. The monoisotopic (exact) mass is 265 g/mol. The van der Waals surface area contributed by atoms with Gasteiger partial charge in [-0.2, -0.15) is 0 Å². The molecule has 1 aliphatic rings. The fourth-order valence-corrected chi connectivity index (χ4v) is 1.91. The van der Waals surface area contributed by atoms with Gasteiger partial charge in [0.2, 0.25) is 0 Å². The molecule has 1 aromatic carbocycles. The van der Waals surface area contributed by atoms with Gasteiger partial charge in [0, 0.05) is 10.5 Å². The van der Waals surface area contributed by atoms with Crippen molar-refractivity contribution in [3.8, 4) is 0 Å². The summed E-state index contributed by atoms with van der Waals surface area (Å²) < 4.78 is 10.9. The van der Waals surface area contributed by atoms with E-state index in [0.717, 1.165) is 5.56 Å². The van der Waals surface area contributed by atoms with E-state index in [-0.39, 0.29) is 13.2 Å². The molecule has 2 N–H and O–H groups in total. The lowest BCUT2D eigenvalue weighted by molar-refractivity contribution is -0.274. The van der Waals surface area contributed by atoms with Crippen LogP contribution in [0.2, 0.25) is 0 Å². The lowest BCUT2D eigenvalue weighted by Gasteiger charge is -2.36. The van der Waals surface area contributed by atoms with Crippen molar-refractivity contribution in [1.29, 1.82) is 0 Å². The van der Waals surface area contributed by atoms with Gasteiger partial charge in [-0.1, -0.05) is 35.4 Å². The molecule has 19 heavy (non-hydrogen) atoms. The summed E-state index contributed by atoms with van der Waals surface area (Å²) in [6.45, 7) is -0.0999. The number of nitrogens with zero attached hydrogens (tertiary/aromatic N) is 3. The molecule has 0 aliphatic carbocycles. The number of aliphatic hydroxyl groups excluding tert-OH is 2. The molecule has 102 valence electrons.